The summed E-state index contributed by atoms with van der Waals surface area (Å²) in [6, 6.07) is 28.9. The Hall–Kier alpha value is -3.26. The van der Waals surface area contributed by atoms with E-state index in [9.17, 15) is 0 Å². The average Bonchev–Trinajstić information content (AvgIpc) is 3.12. The van der Waals surface area contributed by atoms with Crippen molar-refractivity contribution in [3.8, 4) is 0 Å². The first kappa shape index (κ1) is 14.3. The van der Waals surface area contributed by atoms with E-state index >= 15 is 0 Å². The lowest BCUT2D eigenvalue weighted by Crippen LogP contribution is -1.79. The first-order valence-electron chi connectivity index (χ1n) is 8.01. The second-order valence-electron chi connectivity index (χ2n) is 5.80. The number of aromatic nitrogens is 1. The van der Waals surface area contributed by atoms with Gasteiger partial charge in [-0.3, -0.25) is 0 Å². The minimum absolute atomic E-state index is 0.822. The summed E-state index contributed by atoms with van der Waals surface area (Å²) in [6.45, 7) is 0. The summed E-state index contributed by atoms with van der Waals surface area (Å²) in [7, 11) is 0. The van der Waals surface area contributed by atoms with Crippen LogP contribution in [0.3, 0.4) is 0 Å². The first-order chi connectivity index (χ1) is 11.8. The van der Waals surface area contributed by atoms with Gasteiger partial charge in [0.25, 0.3) is 0 Å². The Morgan fingerprint density at radius 1 is 0.542 bits per heavy atom. The number of anilines is 1. The molecule has 0 amide bonds. The predicted molar refractivity (Wildman–Crippen MR) is 104 cm³/mol. The molecule has 0 aliphatic heterocycles. The quantitative estimate of drug-likeness (QED) is 0.278. The average molecular weight is 310 g/mol. The fourth-order valence-corrected chi connectivity index (χ4v) is 3.07. The molecule has 2 heteroatoms. The van der Waals surface area contributed by atoms with Crippen molar-refractivity contribution >= 4 is 38.1 Å². The molecule has 3 N–H and O–H groups in total. The van der Waals surface area contributed by atoms with Gasteiger partial charge in [-0.25, -0.2) is 0 Å². The zero-order chi connectivity index (χ0) is 16.4. The van der Waals surface area contributed by atoms with Crippen LogP contribution in [0.15, 0.2) is 91.1 Å². The molecular formula is C22H18N2. The van der Waals surface area contributed by atoms with Gasteiger partial charge in [-0.1, -0.05) is 66.7 Å². The number of H-pyrrole nitrogens is 1. The molecule has 5 rings (SSSR count). The molecule has 0 aliphatic carbocycles. The molecule has 0 unspecified atom stereocenters. The van der Waals surface area contributed by atoms with Crippen molar-refractivity contribution in [1.29, 1.82) is 0 Å². The zero-order valence-electron chi connectivity index (χ0n) is 13.2. The van der Waals surface area contributed by atoms with Gasteiger partial charge in [-0.15, -0.1) is 0 Å². The molecule has 0 fully saturated rings. The maximum Gasteiger partial charge on any atom is 0.0533 e. The van der Waals surface area contributed by atoms with Crippen LogP contribution in [-0.4, -0.2) is 4.98 Å². The van der Waals surface area contributed by atoms with Gasteiger partial charge in [-0.05, 0) is 34.4 Å². The molecule has 4 aromatic carbocycles. The summed E-state index contributed by atoms with van der Waals surface area (Å²) >= 11 is 0. The van der Waals surface area contributed by atoms with Crippen molar-refractivity contribution in [2.24, 2.45) is 0 Å². The number of nitrogens with two attached hydrogens (primary N) is 1. The third kappa shape index (κ3) is 2.59. The first-order valence-corrected chi connectivity index (χ1v) is 8.01. The van der Waals surface area contributed by atoms with Crippen LogP contribution in [0.1, 0.15) is 0 Å². The molecular weight excluding hydrogens is 292 g/mol. The van der Waals surface area contributed by atoms with Crippen molar-refractivity contribution in [3.05, 3.63) is 91.1 Å². The Morgan fingerprint density at radius 2 is 1.25 bits per heavy atom. The topological polar surface area (TPSA) is 41.8 Å². The molecule has 0 radical (unpaired) electrons. The molecule has 0 spiro atoms. The maximum absolute atomic E-state index is 5.36. The zero-order valence-corrected chi connectivity index (χ0v) is 13.2. The van der Waals surface area contributed by atoms with Gasteiger partial charge < -0.3 is 10.7 Å². The Kier molecular flexibility index (Phi) is 3.64. The second-order valence-corrected chi connectivity index (χ2v) is 5.80. The summed E-state index contributed by atoms with van der Waals surface area (Å²) < 4.78 is 0. The van der Waals surface area contributed by atoms with Crippen LogP contribution in [0.2, 0.25) is 0 Å². The van der Waals surface area contributed by atoms with Gasteiger partial charge in [0.15, 0.2) is 0 Å². The molecule has 2 nitrogen and oxygen atoms in total. The van der Waals surface area contributed by atoms with E-state index in [4.69, 9.17) is 5.73 Å². The van der Waals surface area contributed by atoms with E-state index in [2.05, 4.69) is 59.6 Å². The molecule has 0 aliphatic rings. The van der Waals surface area contributed by atoms with Gasteiger partial charge in [0.05, 0.1) is 5.52 Å². The van der Waals surface area contributed by atoms with Crippen molar-refractivity contribution < 1.29 is 0 Å². The fourth-order valence-electron chi connectivity index (χ4n) is 3.07. The number of nitrogen functional groups attached to an aromatic ring is 1. The van der Waals surface area contributed by atoms with Crippen LogP contribution in [0.4, 0.5) is 5.69 Å². The summed E-state index contributed by atoms with van der Waals surface area (Å²) in [4.78, 5) is 3.33. The Labute approximate surface area is 140 Å². The number of para-hydroxylation sites is 1. The van der Waals surface area contributed by atoms with E-state index in [1.807, 2.05) is 36.5 Å². The summed E-state index contributed by atoms with van der Waals surface area (Å²) in [5, 5.41) is 6.50. The number of aromatic amines is 1. The standard InChI is InChI=1S/C16H11N.C6H7N/c1-2-4-13-11(3-1)5-8-15-14(13)7-6-12-9-10-17-16(12)15;7-6-4-2-1-3-5-6/h1-10,17H;1-5H,7H2. The lowest BCUT2D eigenvalue weighted by Gasteiger charge is -2.04. The summed E-state index contributed by atoms with van der Waals surface area (Å²) in [6.07, 6.45) is 2.00. The van der Waals surface area contributed by atoms with E-state index in [1.54, 1.807) is 0 Å². The molecule has 0 atom stereocenters. The molecule has 24 heavy (non-hydrogen) atoms. The van der Waals surface area contributed by atoms with E-state index in [-0.39, 0.29) is 0 Å². The number of benzene rings is 4. The van der Waals surface area contributed by atoms with Crippen molar-refractivity contribution in [2.45, 2.75) is 0 Å². The van der Waals surface area contributed by atoms with Crippen LogP contribution in [0.25, 0.3) is 32.4 Å². The van der Waals surface area contributed by atoms with Gasteiger partial charge in [0.2, 0.25) is 0 Å². The highest BCUT2D eigenvalue weighted by Crippen LogP contribution is 2.30. The summed E-state index contributed by atoms with van der Waals surface area (Å²) in [5.41, 5.74) is 7.41. The Morgan fingerprint density at radius 3 is 2.04 bits per heavy atom. The minimum atomic E-state index is 0.822. The smallest absolute Gasteiger partial charge is 0.0533 e. The maximum atomic E-state index is 5.36. The molecule has 5 aromatic rings. The van der Waals surface area contributed by atoms with Crippen LogP contribution in [0, 0.1) is 0 Å². The largest absolute Gasteiger partial charge is 0.399 e. The molecule has 0 saturated heterocycles. The van der Waals surface area contributed by atoms with Crippen LogP contribution in [-0.2, 0) is 0 Å². The molecule has 1 heterocycles. The highest BCUT2D eigenvalue weighted by Gasteiger charge is 2.04. The number of hydrogen-bond donors (Lipinski definition) is 2. The molecule has 116 valence electrons. The third-order valence-corrected chi connectivity index (χ3v) is 4.25. The monoisotopic (exact) mass is 310 g/mol. The number of hydrogen-bond acceptors (Lipinski definition) is 1. The second kappa shape index (κ2) is 6.09. The SMILES string of the molecule is Nc1ccccc1.c1ccc2c(c1)ccc1c2ccc2cc[nH]c21. The van der Waals surface area contributed by atoms with Crippen LogP contribution < -0.4 is 5.73 Å². The van der Waals surface area contributed by atoms with E-state index < -0.39 is 0 Å². The summed E-state index contributed by atoms with van der Waals surface area (Å²) in [5.74, 6) is 0. The van der Waals surface area contributed by atoms with E-state index in [0.717, 1.165) is 5.69 Å². The van der Waals surface area contributed by atoms with Crippen molar-refractivity contribution in [2.75, 3.05) is 5.73 Å². The molecule has 0 saturated carbocycles. The van der Waals surface area contributed by atoms with E-state index in [0.29, 0.717) is 0 Å². The minimum Gasteiger partial charge on any atom is -0.399 e. The molecule has 0 bridgehead atoms. The highest BCUT2D eigenvalue weighted by atomic mass is 14.7. The van der Waals surface area contributed by atoms with Gasteiger partial charge in [0.1, 0.15) is 0 Å². The third-order valence-electron chi connectivity index (χ3n) is 4.25. The lowest BCUT2D eigenvalue weighted by molar-refractivity contribution is 1.49. The molecule has 1 aromatic heterocycles. The van der Waals surface area contributed by atoms with Gasteiger partial charge in [-0.2, -0.15) is 0 Å². The fraction of sp³-hybridized carbons (Fsp3) is 0. The predicted octanol–water partition coefficient (Wildman–Crippen LogP) is 5.74. The van der Waals surface area contributed by atoms with Crippen molar-refractivity contribution in [1.82, 2.24) is 4.98 Å². The van der Waals surface area contributed by atoms with Gasteiger partial charge >= 0.3 is 0 Å². The number of nitrogens with one attached hydrogen (secondary N) is 1. The van der Waals surface area contributed by atoms with Crippen molar-refractivity contribution in [3.63, 3.8) is 0 Å². The van der Waals surface area contributed by atoms with E-state index in [1.165, 1.54) is 32.4 Å². The van der Waals surface area contributed by atoms with Gasteiger partial charge in [0, 0.05) is 22.7 Å². The Bertz CT molecular complexity index is 1110. The lowest BCUT2D eigenvalue weighted by atomic mass is 10.0. The number of rotatable bonds is 0. The highest BCUT2D eigenvalue weighted by molar-refractivity contribution is 6.16. The van der Waals surface area contributed by atoms with Crippen LogP contribution in [0.5, 0.6) is 0 Å². The Balaban J connectivity index is 0.000000177. The normalized spacial score (nSPS) is 10.7. The van der Waals surface area contributed by atoms with Crippen LogP contribution >= 0.6 is 0 Å². The number of fused-ring (bicyclic) bond motifs is 5.